The van der Waals surface area contributed by atoms with E-state index in [9.17, 15) is 24.5 Å². The molecule has 4 rings (SSSR count). The Bertz CT molecular complexity index is 1210. The van der Waals surface area contributed by atoms with Crippen LogP contribution in [0, 0.1) is 10.1 Å². The van der Waals surface area contributed by atoms with Crippen LogP contribution in [-0.4, -0.2) is 32.2 Å². The van der Waals surface area contributed by atoms with E-state index in [2.05, 4.69) is 9.97 Å². The molecule has 0 aliphatic carbocycles. The molecule has 0 saturated carbocycles. The van der Waals surface area contributed by atoms with E-state index >= 15 is 0 Å². The van der Waals surface area contributed by atoms with Crippen LogP contribution in [0.25, 0.3) is 11.0 Å². The van der Waals surface area contributed by atoms with Crippen molar-refractivity contribution in [3.8, 4) is 0 Å². The van der Waals surface area contributed by atoms with Gasteiger partial charge in [-0.15, -0.1) is 0 Å². The highest BCUT2D eigenvalue weighted by atomic mass is 16.6. The largest absolute Gasteiger partial charge is 0.338 e. The molecule has 1 aromatic heterocycles. The number of aromatic nitrogens is 2. The summed E-state index contributed by atoms with van der Waals surface area (Å²) in [7, 11) is 0. The first-order chi connectivity index (χ1) is 13.4. The van der Waals surface area contributed by atoms with E-state index in [-0.39, 0.29) is 30.1 Å². The van der Waals surface area contributed by atoms with Gasteiger partial charge < -0.3 is 14.9 Å². The van der Waals surface area contributed by atoms with E-state index in [4.69, 9.17) is 0 Å². The Hall–Kier alpha value is -3.75. The number of H-pyrrole nitrogens is 2. The molecule has 2 heterocycles. The number of carbonyl (C=O) groups excluding carboxylic acids is 1. The molecule has 9 heteroatoms. The fourth-order valence-electron chi connectivity index (χ4n) is 3.58. The minimum atomic E-state index is -0.880. The molecule has 28 heavy (non-hydrogen) atoms. The van der Waals surface area contributed by atoms with Gasteiger partial charge in [0.2, 0.25) is 5.91 Å². The number of hydrogen-bond donors (Lipinski definition) is 2. The van der Waals surface area contributed by atoms with Crippen molar-refractivity contribution >= 4 is 22.6 Å². The Morgan fingerprint density at radius 1 is 1.11 bits per heavy atom. The van der Waals surface area contributed by atoms with Gasteiger partial charge in [0.05, 0.1) is 22.4 Å². The van der Waals surface area contributed by atoms with Crippen LogP contribution in [0.4, 0.5) is 5.69 Å². The molecule has 0 bridgehead atoms. The van der Waals surface area contributed by atoms with Gasteiger partial charge in [0.15, 0.2) is 0 Å². The van der Waals surface area contributed by atoms with Gasteiger partial charge in [0.1, 0.15) is 0 Å². The molecule has 0 saturated heterocycles. The molecule has 0 fully saturated rings. The number of amides is 1. The average Bonchev–Trinajstić information content (AvgIpc) is 2.68. The lowest BCUT2D eigenvalue weighted by Gasteiger charge is -2.29. The Labute approximate surface area is 157 Å². The van der Waals surface area contributed by atoms with Crippen molar-refractivity contribution in [3.05, 3.63) is 83.9 Å². The highest BCUT2D eigenvalue weighted by Crippen LogP contribution is 2.32. The SMILES string of the molecule is O=C(Cc1ccccc1)N1CCc2c([N+](=O)[O-])cc3[nH]c(=O)c(=O)[nH]c3c2C1. The van der Waals surface area contributed by atoms with Crippen molar-refractivity contribution in [2.24, 2.45) is 0 Å². The first-order valence-corrected chi connectivity index (χ1v) is 8.71. The molecule has 2 N–H and O–H groups in total. The summed E-state index contributed by atoms with van der Waals surface area (Å²) in [6.07, 6.45) is 0.514. The highest BCUT2D eigenvalue weighted by molar-refractivity contribution is 5.85. The van der Waals surface area contributed by atoms with Crippen molar-refractivity contribution in [2.75, 3.05) is 6.54 Å². The Morgan fingerprint density at radius 2 is 1.82 bits per heavy atom. The van der Waals surface area contributed by atoms with Crippen molar-refractivity contribution in [1.82, 2.24) is 14.9 Å². The zero-order chi connectivity index (χ0) is 19.8. The maximum absolute atomic E-state index is 12.7. The van der Waals surface area contributed by atoms with E-state index in [1.54, 1.807) is 4.90 Å². The molecular formula is C19H16N4O5. The van der Waals surface area contributed by atoms with Gasteiger partial charge in [-0.05, 0) is 12.0 Å². The first-order valence-electron chi connectivity index (χ1n) is 8.71. The summed E-state index contributed by atoms with van der Waals surface area (Å²) in [5.74, 6) is -0.108. The van der Waals surface area contributed by atoms with E-state index in [0.29, 0.717) is 29.6 Å². The molecule has 0 unspecified atom stereocenters. The maximum atomic E-state index is 12.7. The molecule has 2 aromatic carbocycles. The summed E-state index contributed by atoms with van der Waals surface area (Å²) in [6.45, 7) is 0.472. The second-order valence-corrected chi connectivity index (χ2v) is 6.67. The average molecular weight is 380 g/mol. The van der Waals surface area contributed by atoms with E-state index in [1.807, 2.05) is 30.3 Å². The molecule has 1 aliphatic heterocycles. The number of hydrogen-bond acceptors (Lipinski definition) is 5. The molecular weight excluding hydrogens is 364 g/mol. The highest BCUT2D eigenvalue weighted by Gasteiger charge is 2.29. The number of aromatic amines is 2. The van der Waals surface area contributed by atoms with Crippen LogP contribution in [0.15, 0.2) is 46.0 Å². The van der Waals surface area contributed by atoms with Crippen LogP contribution in [0.5, 0.6) is 0 Å². The van der Waals surface area contributed by atoms with Gasteiger partial charge in [-0.2, -0.15) is 0 Å². The summed E-state index contributed by atoms with van der Waals surface area (Å²) in [4.78, 5) is 53.6. The van der Waals surface area contributed by atoms with E-state index in [1.165, 1.54) is 6.07 Å². The Kier molecular flexibility index (Phi) is 4.26. The van der Waals surface area contributed by atoms with Gasteiger partial charge in [-0.25, -0.2) is 0 Å². The summed E-state index contributed by atoms with van der Waals surface area (Å²) in [5, 5.41) is 11.5. The molecule has 3 aromatic rings. The van der Waals surface area contributed by atoms with Crippen molar-refractivity contribution < 1.29 is 9.72 Å². The zero-order valence-electron chi connectivity index (χ0n) is 14.7. The van der Waals surface area contributed by atoms with Gasteiger partial charge in [-0.1, -0.05) is 30.3 Å². The quantitative estimate of drug-likeness (QED) is 0.401. The number of benzene rings is 2. The van der Waals surface area contributed by atoms with Crippen molar-refractivity contribution in [2.45, 2.75) is 19.4 Å². The number of rotatable bonds is 3. The molecule has 142 valence electrons. The minimum absolute atomic E-state index is 0.108. The van der Waals surface area contributed by atoms with Gasteiger partial charge in [0.25, 0.3) is 5.69 Å². The molecule has 0 radical (unpaired) electrons. The number of carbonyl (C=O) groups is 1. The number of nitrogens with zero attached hydrogens (tertiary/aromatic N) is 2. The van der Waals surface area contributed by atoms with Crippen LogP contribution in [0.2, 0.25) is 0 Å². The number of nitrogens with one attached hydrogen (secondary N) is 2. The number of nitro groups is 1. The lowest BCUT2D eigenvalue weighted by atomic mass is 9.95. The smallest absolute Gasteiger partial charge is 0.314 e. The van der Waals surface area contributed by atoms with Crippen LogP contribution in [0.3, 0.4) is 0 Å². The normalized spacial score (nSPS) is 13.4. The predicted octanol–water partition coefficient (Wildman–Crippen LogP) is 1.25. The van der Waals surface area contributed by atoms with Crippen molar-refractivity contribution in [1.29, 1.82) is 0 Å². The Balaban J connectivity index is 1.77. The number of fused-ring (bicyclic) bond motifs is 3. The van der Waals surface area contributed by atoms with Gasteiger partial charge >= 0.3 is 11.1 Å². The fourth-order valence-corrected chi connectivity index (χ4v) is 3.58. The fraction of sp³-hybridized carbons (Fsp3) is 0.211. The monoisotopic (exact) mass is 380 g/mol. The van der Waals surface area contributed by atoms with Gasteiger partial charge in [-0.3, -0.25) is 24.5 Å². The minimum Gasteiger partial charge on any atom is -0.338 e. The summed E-state index contributed by atoms with van der Waals surface area (Å²) < 4.78 is 0. The molecule has 9 nitrogen and oxygen atoms in total. The second-order valence-electron chi connectivity index (χ2n) is 6.67. The van der Waals surface area contributed by atoms with E-state index in [0.717, 1.165) is 5.56 Å². The van der Waals surface area contributed by atoms with Crippen LogP contribution in [0.1, 0.15) is 16.7 Å². The third-order valence-electron chi connectivity index (χ3n) is 4.95. The summed E-state index contributed by atoms with van der Waals surface area (Å²) in [5.41, 5.74) is 0.495. The van der Waals surface area contributed by atoms with Crippen LogP contribution in [-0.2, 0) is 24.2 Å². The topological polar surface area (TPSA) is 129 Å². The predicted molar refractivity (Wildman–Crippen MR) is 101 cm³/mol. The lowest BCUT2D eigenvalue weighted by Crippen LogP contribution is -2.38. The van der Waals surface area contributed by atoms with Crippen molar-refractivity contribution in [3.63, 3.8) is 0 Å². The molecule has 0 atom stereocenters. The standard InChI is InChI=1S/C19H16N4O5/c24-16(8-11-4-2-1-3-5-11)22-7-6-12-13(10-22)17-14(9-15(12)23(27)28)20-18(25)19(26)21-17/h1-5,9H,6-8,10H2,(H,20,25)(H,21,26). The van der Waals surface area contributed by atoms with Crippen LogP contribution >= 0.6 is 0 Å². The zero-order valence-corrected chi connectivity index (χ0v) is 14.7. The summed E-state index contributed by atoms with van der Waals surface area (Å²) >= 11 is 0. The van der Waals surface area contributed by atoms with Crippen LogP contribution < -0.4 is 11.1 Å². The molecule has 0 spiro atoms. The Morgan fingerprint density at radius 3 is 2.54 bits per heavy atom. The summed E-state index contributed by atoms with van der Waals surface area (Å²) in [6, 6.07) is 10.6. The van der Waals surface area contributed by atoms with Gasteiger partial charge in [0, 0.05) is 30.3 Å². The maximum Gasteiger partial charge on any atom is 0.314 e. The van der Waals surface area contributed by atoms with E-state index < -0.39 is 16.0 Å². The lowest BCUT2D eigenvalue weighted by molar-refractivity contribution is -0.385. The first kappa shape index (κ1) is 17.7. The molecule has 1 amide bonds. The number of nitro benzene ring substituents is 1. The molecule has 1 aliphatic rings. The second kappa shape index (κ2) is 6.76. The third-order valence-corrected chi connectivity index (χ3v) is 4.95. The third kappa shape index (κ3) is 3.07.